The maximum Gasteiger partial charge on any atom is 0.0701 e. The minimum absolute atomic E-state index is 0.978. The van der Waals surface area contributed by atoms with Crippen molar-refractivity contribution in [2.24, 2.45) is 0 Å². The first-order valence-corrected chi connectivity index (χ1v) is 17.0. The number of fused-ring (bicyclic) bond motifs is 6. The first-order valence-electron chi connectivity index (χ1n) is 17.0. The summed E-state index contributed by atoms with van der Waals surface area (Å²) in [5, 5.41) is 4.99. The molecule has 0 aliphatic heterocycles. The van der Waals surface area contributed by atoms with Crippen molar-refractivity contribution in [3.63, 3.8) is 0 Å². The zero-order chi connectivity index (χ0) is 33.0. The van der Waals surface area contributed by atoms with E-state index < -0.39 is 0 Å². The van der Waals surface area contributed by atoms with Gasteiger partial charge >= 0.3 is 0 Å². The Hall–Kier alpha value is -6.71. The molecule has 50 heavy (non-hydrogen) atoms. The highest BCUT2D eigenvalue weighted by molar-refractivity contribution is 6.12. The van der Waals surface area contributed by atoms with Crippen molar-refractivity contribution < 1.29 is 0 Å². The van der Waals surface area contributed by atoms with Crippen molar-refractivity contribution in [2.75, 3.05) is 0 Å². The van der Waals surface area contributed by atoms with Crippen LogP contribution in [0.1, 0.15) is 0 Å². The molecule has 3 nitrogen and oxygen atoms in total. The summed E-state index contributed by atoms with van der Waals surface area (Å²) in [6.45, 7) is 0. The first-order chi connectivity index (χ1) is 24.8. The lowest BCUT2D eigenvalue weighted by atomic mass is 10.0. The van der Waals surface area contributed by atoms with E-state index in [0.29, 0.717) is 0 Å². The molecule has 0 saturated carbocycles. The van der Waals surface area contributed by atoms with E-state index >= 15 is 0 Å². The highest BCUT2D eigenvalue weighted by Gasteiger charge is 2.16. The fraction of sp³-hybridized carbons (Fsp3) is 0. The van der Waals surface area contributed by atoms with Gasteiger partial charge in [0.2, 0.25) is 0 Å². The van der Waals surface area contributed by atoms with E-state index in [0.717, 1.165) is 22.6 Å². The number of rotatable bonds is 5. The van der Waals surface area contributed by atoms with Gasteiger partial charge in [-0.25, -0.2) is 0 Å². The molecule has 0 unspecified atom stereocenters. The van der Waals surface area contributed by atoms with Gasteiger partial charge in [-0.05, 0) is 95.1 Å². The molecule has 7 aromatic carbocycles. The van der Waals surface area contributed by atoms with Crippen molar-refractivity contribution in [3.8, 4) is 44.9 Å². The Kier molecular flexibility index (Phi) is 6.49. The van der Waals surface area contributed by atoms with Crippen LogP contribution in [0.25, 0.3) is 88.5 Å². The molecule has 10 rings (SSSR count). The Morgan fingerprint density at radius 2 is 0.820 bits per heavy atom. The molecule has 3 heteroatoms. The quantitative estimate of drug-likeness (QED) is 0.184. The molecule has 0 fully saturated rings. The normalized spacial score (nSPS) is 11.6. The van der Waals surface area contributed by atoms with Crippen LogP contribution < -0.4 is 0 Å². The third-order valence-corrected chi connectivity index (χ3v) is 9.98. The smallest absolute Gasteiger partial charge is 0.0701 e. The van der Waals surface area contributed by atoms with Gasteiger partial charge in [-0.2, -0.15) is 0 Å². The lowest BCUT2D eigenvalue weighted by Gasteiger charge is -2.11. The number of para-hydroxylation sites is 2. The zero-order valence-electron chi connectivity index (χ0n) is 27.2. The van der Waals surface area contributed by atoms with Crippen LogP contribution in [0, 0.1) is 0 Å². The second-order valence-corrected chi connectivity index (χ2v) is 12.8. The number of nitrogens with zero attached hydrogens (tertiary/aromatic N) is 3. The maximum atomic E-state index is 4.54. The van der Waals surface area contributed by atoms with Crippen molar-refractivity contribution in [3.05, 3.63) is 188 Å². The van der Waals surface area contributed by atoms with E-state index in [4.69, 9.17) is 0 Å². The number of hydrogen-bond donors (Lipinski definition) is 0. The van der Waals surface area contributed by atoms with E-state index in [1.165, 1.54) is 65.9 Å². The molecule has 0 amide bonds. The first kappa shape index (κ1) is 28.3. The summed E-state index contributed by atoms with van der Waals surface area (Å²) in [5.41, 5.74) is 14.0. The summed E-state index contributed by atoms with van der Waals surface area (Å²) in [6.07, 6.45) is 1.84. The Balaban J connectivity index is 1.10. The van der Waals surface area contributed by atoms with Gasteiger partial charge in [-0.15, -0.1) is 0 Å². The van der Waals surface area contributed by atoms with Crippen LogP contribution in [0.5, 0.6) is 0 Å². The maximum absolute atomic E-state index is 4.54. The van der Waals surface area contributed by atoms with Crippen molar-refractivity contribution in [2.45, 2.75) is 0 Å². The number of aromatic nitrogens is 3. The minimum atomic E-state index is 0.978. The number of hydrogen-bond acceptors (Lipinski definition) is 1. The SMILES string of the molecule is c1ccc(-c2cccc(-n3c4ccccc4c4cc(-c5ccc6c(c5)c5ccccc5n6-c5ccc(-c6ccccn6)cc5)ccc43)c2)cc1. The van der Waals surface area contributed by atoms with Crippen molar-refractivity contribution in [1.82, 2.24) is 14.1 Å². The van der Waals surface area contributed by atoms with Crippen molar-refractivity contribution in [1.29, 1.82) is 0 Å². The van der Waals surface area contributed by atoms with Crippen LogP contribution >= 0.6 is 0 Å². The second-order valence-electron chi connectivity index (χ2n) is 12.8. The standard InChI is InChI=1S/C47H31N3/c1-2-11-32(12-3-1)34-13-10-14-38(29-34)50-45-19-7-5-16-40(45)42-31-36(23-27-47(42)50)35-22-26-46-41(30-35)39-15-4-6-18-44(39)49(46)37-24-20-33(21-25-37)43-17-8-9-28-48-43/h1-31H. The van der Waals surface area contributed by atoms with E-state index in [2.05, 4.69) is 184 Å². The molecule has 3 heterocycles. The van der Waals surface area contributed by atoms with Crippen LogP contribution in [0.15, 0.2) is 188 Å². The lowest BCUT2D eigenvalue weighted by molar-refractivity contribution is 1.18. The molecule has 0 N–H and O–H groups in total. The summed E-state index contributed by atoms with van der Waals surface area (Å²) in [4.78, 5) is 4.54. The highest BCUT2D eigenvalue weighted by Crippen LogP contribution is 2.39. The van der Waals surface area contributed by atoms with E-state index in [1.807, 2.05) is 18.3 Å². The predicted molar refractivity (Wildman–Crippen MR) is 209 cm³/mol. The Morgan fingerprint density at radius 3 is 1.46 bits per heavy atom. The Labute approximate surface area is 290 Å². The lowest BCUT2D eigenvalue weighted by Crippen LogP contribution is -1.94. The summed E-state index contributed by atoms with van der Waals surface area (Å²) < 4.78 is 4.77. The van der Waals surface area contributed by atoms with Crippen LogP contribution in [-0.2, 0) is 0 Å². The van der Waals surface area contributed by atoms with Crippen molar-refractivity contribution >= 4 is 43.6 Å². The highest BCUT2D eigenvalue weighted by atomic mass is 15.0. The molecule has 0 aliphatic rings. The largest absolute Gasteiger partial charge is 0.309 e. The molecule has 0 spiro atoms. The molecule has 0 atom stereocenters. The van der Waals surface area contributed by atoms with Crippen LogP contribution in [0.4, 0.5) is 0 Å². The summed E-state index contributed by atoms with van der Waals surface area (Å²) in [5.74, 6) is 0. The third kappa shape index (κ3) is 4.56. The van der Waals surface area contributed by atoms with Gasteiger partial charge in [-0.3, -0.25) is 4.98 Å². The summed E-state index contributed by atoms with van der Waals surface area (Å²) >= 11 is 0. The van der Waals surface area contributed by atoms with Crippen LogP contribution in [0.3, 0.4) is 0 Å². The van der Waals surface area contributed by atoms with Crippen LogP contribution in [0.2, 0.25) is 0 Å². The number of pyridine rings is 1. The topological polar surface area (TPSA) is 22.8 Å². The Morgan fingerprint density at radius 1 is 0.300 bits per heavy atom. The monoisotopic (exact) mass is 637 g/mol. The molecule has 3 aromatic heterocycles. The average Bonchev–Trinajstić information content (AvgIpc) is 3.71. The molecule has 10 aromatic rings. The van der Waals surface area contributed by atoms with Gasteiger partial charge < -0.3 is 9.13 Å². The van der Waals surface area contributed by atoms with Gasteiger partial charge in [0.15, 0.2) is 0 Å². The molecular formula is C47H31N3. The predicted octanol–water partition coefficient (Wildman–Crippen LogP) is 12.3. The Bertz CT molecular complexity index is 2840. The molecule has 0 radical (unpaired) electrons. The van der Waals surface area contributed by atoms with E-state index in [9.17, 15) is 0 Å². The van der Waals surface area contributed by atoms with Crippen LogP contribution in [-0.4, -0.2) is 14.1 Å². The molecule has 234 valence electrons. The molecule has 0 aliphatic carbocycles. The van der Waals surface area contributed by atoms with E-state index in [-0.39, 0.29) is 0 Å². The van der Waals surface area contributed by atoms with Gasteiger partial charge in [0.1, 0.15) is 0 Å². The van der Waals surface area contributed by atoms with Gasteiger partial charge in [0.25, 0.3) is 0 Å². The molecule has 0 bridgehead atoms. The number of benzene rings is 7. The summed E-state index contributed by atoms with van der Waals surface area (Å²) in [7, 11) is 0. The third-order valence-electron chi connectivity index (χ3n) is 9.98. The minimum Gasteiger partial charge on any atom is -0.309 e. The fourth-order valence-electron chi connectivity index (χ4n) is 7.63. The van der Waals surface area contributed by atoms with Gasteiger partial charge in [0, 0.05) is 44.7 Å². The van der Waals surface area contributed by atoms with Gasteiger partial charge in [-0.1, -0.05) is 109 Å². The van der Waals surface area contributed by atoms with Gasteiger partial charge in [0.05, 0.1) is 27.8 Å². The molecule has 0 saturated heterocycles. The second kappa shape index (κ2) is 11.5. The molecular weight excluding hydrogens is 607 g/mol. The zero-order valence-corrected chi connectivity index (χ0v) is 27.2. The average molecular weight is 638 g/mol. The van der Waals surface area contributed by atoms with E-state index in [1.54, 1.807) is 0 Å². The summed E-state index contributed by atoms with van der Waals surface area (Å²) in [6, 6.07) is 65.5. The fourth-order valence-corrected chi connectivity index (χ4v) is 7.63.